The summed E-state index contributed by atoms with van der Waals surface area (Å²) >= 11 is 0. The van der Waals surface area contributed by atoms with Gasteiger partial charge in [0.2, 0.25) is 5.91 Å². The molecule has 3 aliphatic heterocycles. The van der Waals surface area contributed by atoms with Crippen LogP contribution in [0.5, 0.6) is 0 Å². The summed E-state index contributed by atoms with van der Waals surface area (Å²) in [5.41, 5.74) is 0.0980. The summed E-state index contributed by atoms with van der Waals surface area (Å²) in [5, 5.41) is 12.6. The standard InChI is InChI=1S/C29H30FN7O4/c1-16(38)33-18-8-6-10-36(14-18)23-13-32-26(35-23)19-11-21(24-17(12-31)7-5-9-20(24)30)34-22-15-37(27(39)25(19)22)28(40)41-29(2,3)4/h5,7,9,11,13,18,26H,6,8,10,14-15H2,1-4H3,(H,33,38)/t18-,26?/m0/s1. The highest BCUT2D eigenvalue weighted by atomic mass is 19.1. The topological polar surface area (TPSA) is 140 Å². The van der Waals surface area contributed by atoms with Gasteiger partial charge in [-0.2, -0.15) is 5.26 Å². The van der Waals surface area contributed by atoms with Crippen LogP contribution in [0.3, 0.4) is 0 Å². The highest BCUT2D eigenvalue weighted by molar-refractivity contribution is 6.30. The Kier molecular flexibility index (Phi) is 7.29. The number of ether oxygens (including phenoxy) is 1. The molecular weight excluding hydrogens is 529 g/mol. The number of amides is 3. The SMILES string of the molecule is CC(=O)N[C@H]1CCCN(C2=NC(c3cc(-c4c(F)cccc4C#N)nc4c3C(=O)N(C(=O)OC(C)(C)C)C4)N=C2)C1. The summed E-state index contributed by atoms with van der Waals surface area (Å²) in [6, 6.07) is 7.63. The molecule has 0 bridgehead atoms. The zero-order valence-electron chi connectivity index (χ0n) is 23.3. The van der Waals surface area contributed by atoms with Gasteiger partial charge in [0.1, 0.15) is 17.3 Å². The number of fused-ring (bicyclic) bond motifs is 1. The van der Waals surface area contributed by atoms with Gasteiger partial charge in [0.05, 0.1) is 46.9 Å². The second kappa shape index (κ2) is 10.7. The highest BCUT2D eigenvalue weighted by Gasteiger charge is 2.40. The first kappa shape index (κ1) is 27.9. The number of likely N-dealkylation sites (tertiary alicyclic amines) is 1. The predicted molar refractivity (Wildman–Crippen MR) is 148 cm³/mol. The molecule has 1 unspecified atom stereocenters. The van der Waals surface area contributed by atoms with Crippen LogP contribution in [0.4, 0.5) is 9.18 Å². The molecule has 12 heteroatoms. The number of nitrogens with one attached hydrogen (secondary N) is 1. The Hall–Kier alpha value is -4.66. The summed E-state index contributed by atoms with van der Waals surface area (Å²) in [4.78, 5) is 54.9. The van der Waals surface area contributed by atoms with E-state index in [4.69, 9.17) is 9.73 Å². The minimum Gasteiger partial charge on any atom is -0.443 e. The Balaban J connectivity index is 1.56. The summed E-state index contributed by atoms with van der Waals surface area (Å²) in [6.45, 7) is 7.67. The Bertz CT molecular complexity index is 1540. The number of nitriles is 1. The van der Waals surface area contributed by atoms with E-state index in [1.165, 1.54) is 31.2 Å². The highest BCUT2D eigenvalue weighted by Crippen LogP contribution is 2.37. The number of rotatable bonds is 3. The molecule has 1 N–H and O–H groups in total. The Morgan fingerprint density at radius 1 is 1.24 bits per heavy atom. The monoisotopic (exact) mass is 559 g/mol. The van der Waals surface area contributed by atoms with Crippen LogP contribution in [-0.4, -0.2) is 69.5 Å². The molecule has 3 amide bonds. The molecule has 41 heavy (non-hydrogen) atoms. The molecule has 5 rings (SSSR count). The number of piperidine rings is 1. The van der Waals surface area contributed by atoms with Crippen LogP contribution >= 0.6 is 0 Å². The summed E-state index contributed by atoms with van der Waals surface area (Å²) in [5.74, 6) is -0.767. The molecular formula is C29H30FN7O4. The van der Waals surface area contributed by atoms with Gasteiger partial charge in [0.15, 0.2) is 6.17 Å². The maximum atomic E-state index is 15.0. The molecule has 0 saturated carbocycles. The van der Waals surface area contributed by atoms with Crippen LogP contribution in [0, 0.1) is 17.1 Å². The zero-order chi connectivity index (χ0) is 29.5. The average molecular weight is 560 g/mol. The van der Waals surface area contributed by atoms with Gasteiger partial charge in [0, 0.05) is 31.6 Å². The average Bonchev–Trinajstić information content (AvgIpc) is 3.52. The maximum absolute atomic E-state index is 15.0. The second-order valence-electron chi connectivity index (χ2n) is 11.2. The second-order valence-corrected chi connectivity index (χ2v) is 11.2. The van der Waals surface area contributed by atoms with E-state index in [0.29, 0.717) is 17.9 Å². The van der Waals surface area contributed by atoms with E-state index in [-0.39, 0.29) is 46.6 Å². The van der Waals surface area contributed by atoms with Gasteiger partial charge in [-0.15, -0.1) is 0 Å². The Morgan fingerprint density at radius 2 is 2.02 bits per heavy atom. The number of amidine groups is 1. The number of hydrogen-bond acceptors (Lipinski definition) is 9. The number of benzene rings is 1. The zero-order valence-corrected chi connectivity index (χ0v) is 23.3. The van der Waals surface area contributed by atoms with Gasteiger partial charge in [-0.25, -0.2) is 24.1 Å². The number of imide groups is 1. The summed E-state index contributed by atoms with van der Waals surface area (Å²) < 4.78 is 20.5. The molecule has 0 spiro atoms. The number of carbonyl (C=O) groups excluding carboxylic acids is 3. The normalized spacial score (nSPS) is 20.0. The van der Waals surface area contributed by atoms with E-state index in [0.717, 1.165) is 24.3 Å². The third-order valence-corrected chi connectivity index (χ3v) is 6.91. The fourth-order valence-electron chi connectivity index (χ4n) is 5.24. The molecule has 2 aromatic rings. The Labute approximate surface area is 236 Å². The van der Waals surface area contributed by atoms with Crippen LogP contribution < -0.4 is 5.32 Å². The molecule has 4 heterocycles. The fourth-order valence-corrected chi connectivity index (χ4v) is 5.24. The predicted octanol–water partition coefficient (Wildman–Crippen LogP) is 3.73. The number of halogens is 1. The molecule has 1 aromatic heterocycles. The van der Waals surface area contributed by atoms with E-state index < -0.39 is 29.6 Å². The summed E-state index contributed by atoms with van der Waals surface area (Å²) in [6.07, 6.45) is 1.63. The van der Waals surface area contributed by atoms with Crippen LogP contribution in [0.25, 0.3) is 11.3 Å². The third kappa shape index (κ3) is 5.66. The lowest BCUT2D eigenvalue weighted by Gasteiger charge is -2.33. The van der Waals surface area contributed by atoms with Crippen molar-refractivity contribution in [2.75, 3.05) is 13.1 Å². The maximum Gasteiger partial charge on any atom is 0.417 e. The number of carbonyl (C=O) groups is 3. The van der Waals surface area contributed by atoms with Crippen molar-refractivity contribution in [1.29, 1.82) is 5.26 Å². The lowest BCUT2D eigenvalue weighted by molar-refractivity contribution is -0.119. The molecule has 0 radical (unpaired) electrons. The number of aromatic nitrogens is 1. The van der Waals surface area contributed by atoms with Gasteiger partial charge < -0.3 is 15.0 Å². The molecule has 0 aliphatic carbocycles. The van der Waals surface area contributed by atoms with E-state index in [1.807, 2.05) is 11.0 Å². The first-order valence-electron chi connectivity index (χ1n) is 13.4. The number of hydrogen-bond donors (Lipinski definition) is 1. The van der Waals surface area contributed by atoms with E-state index in [9.17, 15) is 19.6 Å². The van der Waals surface area contributed by atoms with Crippen molar-refractivity contribution in [2.24, 2.45) is 9.98 Å². The van der Waals surface area contributed by atoms with E-state index in [2.05, 4.69) is 15.3 Å². The van der Waals surface area contributed by atoms with Crippen molar-refractivity contribution < 1.29 is 23.5 Å². The van der Waals surface area contributed by atoms with Crippen molar-refractivity contribution in [1.82, 2.24) is 20.1 Å². The molecule has 212 valence electrons. The molecule has 1 aromatic carbocycles. The minimum absolute atomic E-state index is 0.0115. The molecule has 1 saturated heterocycles. The van der Waals surface area contributed by atoms with Crippen molar-refractivity contribution in [3.05, 3.63) is 52.5 Å². The number of nitrogens with zero attached hydrogens (tertiary/aromatic N) is 6. The smallest absolute Gasteiger partial charge is 0.417 e. The third-order valence-electron chi connectivity index (χ3n) is 6.91. The molecule has 2 atom stereocenters. The quantitative estimate of drug-likeness (QED) is 0.604. The van der Waals surface area contributed by atoms with Crippen molar-refractivity contribution >= 4 is 30.0 Å². The van der Waals surface area contributed by atoms with Gasteiger partial charge in [-0.05, 0) is 51.8 Å². The van der Waals surface area contributed by atoms with Crippen LogP contribution in [0.15, 0.2) is 34.3 Å². The lowest BCUT2D eigenvalue weighted by atomic mass is 9.98. The lowest BCUT2D eigenvalue weighted by Crippen LogP contribution is -2.49. The van der Waals surface area contributed by atoms with Crippen LogP contribution in [-0.2, 0) is 16.1 Å². The first-order valence-corrected chi connectivity index (χ1v) is 13.4. The van der Waals surface area contributed by atoms with Crippen LogP contribution in [0.2, 0.25) is 0 Å². The van der Waals surface area contributed by atoms with E-state index in [1.54, 1.807) is 27.0 Å². The summed E-state index contributed by atoms with van der Waals surface area (Å²) in [7, 11) is 0. The largest absolute Gasteiger partial charge is 0.443 e. The van der Waals surface area contributed by atoms with Crippen molar-refractivity contribution in [3.63, 3.8) is 0 Å². The minimum atomic E-state index is -0.860. The number of aliphatic imine (C=N–C) groups is 2. The molecule has 1 fully saturated rings. The van der Waals surface area contributed by atoms with Gasteiger partial charge in [-0.3, -0.25) is 14.6 Å². The number of pyridine rings is 1. The van der Waals surface area contributed by atoms with E-state index >= 15 is 4.39 Å². The van der Waals surface area contributed by atoms with Gasteiger partial charge in [0.25, 0.3) is 5.91 Å². The fraction of sp³-hybridized carbons (Fsp3) is 0.414. The van der Waals surface area contributed by atoms with Gasteiger partial charge in [-0.1, -0.05) is 6.07 Å². The Morgan fingerprint density at radius 3 is 2.73 bits per heavy atom. The molecule has 3 aliphatic rings. The molecule has 11 nitrogen and oxygen atoms in total. The van der Waals surface area contributed by atoms with Crippen LogP contribution in [0.1, 0.15) is 73.9 Å². The van der Waals surface area contributed by atoms with Gasteiger partial charge >= 0.3 is 6.09 Å². The first-order chi connectivity index (χ1) is 19.4. The van der Waals surface area contributed by atoms with Crippen molar-refractivity contribution in [3.8, 4) is 17.3 Å². The van der Waals surface area contributed by atoms with Crippen molar-refractivity contribution in [2.45, 2.75) is 64.9 Å².